The van der Waals surface area contributed by atoms with Crippen LogP contribution in [0.25, 0.3) is 0 Å². The topological polar surface area (TPSA) is 56.4 Å². The molecule has 0 saturated carbocycles. The van der Waals surface area contributed by atoms with E-state index in [4.69, 9.17) is 0 Å². The Labute approximate surface area is 98.0 Å². The van der Waals surface area contributed by atoms with Crippen LogP contribution in [0.5, 0.6) is 0 Å². The van der Waals surface area contributed by atoms with Crippen LogP contribution in [0.4, 0.5) is 0 Å². The van der Waals surface area contributed by atoms with Gasteiger partial charge in [-0.1, -0.05) is 0 Å². The van der Waals surface area contributed by atoms with Gasteiger partial charge in [-0.25, -0.2) is 0 Å². The Morgan fingerprint density at radius 1 is 1.44 bits per heavy atom. The van der Waals surface area contributed by atoms with Crippen molar-refractivity contribution in [1.82, 2.24) is 20.9 Å². The number of rotatable bonds is 4. The lowest BCUT2D eigenvalue weighted by Gasteiger charge is -2.29. The highest BCUT2D eigenvalue weighted by atomic mass is 16.2. The summed E-state index contributed by atoms with van der Waals surface area (Å²) in [5.41, 5.74) is 0. The molecule has 0 radical (unpaired) electrons. The summed E-state index contributed by atoms with van der Waals surface area (Å²) in [4.78, 5) is 13.9. The van der Waals surface area contributed by atoms with Crippen LogP contribution in [0, 0.1) is 0 Å². The summed E-state index contributed by atoms with van der Waals surface area (Å²) >= 11 is 0. The highest BCUT2D eigenvalue weighted by Crippen LogP contribution is 1.94. The Morgan fingerprint density at radius 3 is 2.62 bits per heavy atom. The molecule has 1 fully saturated rings. The first-order valence-electron chi connectivity index (χ1n) is 5.91. The van der Waals surface area contributed by atoms with Gasteiger partial charge in [0.25, 0.3) is 0 Å². The van der Waals surface area contributed by atoms with Crippen molar-refractivity contribution in [2.75, 3.05) is 33.7 Å². The molecule has 1 saturated heterocycles. The van der Waals surface area contributed by atoms with Crippen LogP contribution in [0.15, 0.2) is 0 Å². The van der Waals surface area contributed by atoms with E-state index in [1.807, 2.05) is 21.0 Å². The molecule has 0 aromatic carbocycles. The molecule has 1 heterocycles. The lowest BCUT2D eigenvalue weighted by Crippen LogP contribution is -2.60. The number of hydrogen-bond acceptors (Lipinski definition) is 4. The zero-order chi connectivity index (χ0) is 12.1. The lowest BCUT2D eigenvalue weighted by atomic mass is 10.1. The first-order chi connectivity index (χ1) is 7.49. The molecular weight excluding hydrogens is 204 g/mol. The molecule has 0 aromatic rings. The van der Waals surface area contributed by atoms with Crippen molar-refractivity contribution in [1.29, 1.82) is 0 Å². The third-order valence-electron chi connectivity index (χ3n) is 2.69. The predicted molar refractivity (Wildman–Crippen MR) is 65.4 cm³/mol. The molecule has 1 aliphatic heterocycles. The fourth-order valence-corrected chi connectivity index (χ4v) is 1.90. The van der Waals surface area contributed by atoms with E-state index >= 15 is 0 Å². The molecule has 16 heavy (non-hydrogen) atoms. The van der Waals surface area contributed by atoms with E-state index in [2.05, 4.69) is 27.8 Å². The van der Waals surface area contributed by atoms with Crippen molar-refractivity contribution in [2.24, 2.45) is 0 Å². The second-order valence-corrected chi connectivity index (χ2v) is 4.94. The van der Waals surface area contributed by atoms with Crippen LogP contribution >= 0.6 is 0 Å². The van der Waals surface area contributed by atoms with Gasteiger partial charge < -0.3 is 20.9 Å². The zero-order valence-electron chi connectivity index (χ0n) is 10.7. The largest absolute Gasteiger partial charge is 0.351 e. The quantitative estimate of drug-likeness (QED) is 0.578. The Balaban J connectivity index is 2.29. The van der Waals surface area contributed by atoms with Crippen molar-refractivity contribution in [3.8, 4) is 0 Å². The molecule has 94 valence electrons. The maximum absolute atomic E-state index is 11.9. The summed E-state index contributed by atoms with van der Waals surface area (Å²) < 4.78 is 0. The van der Waals surface area contributed by atoms with E-state index < -0.39 is 0 Å². The number of nitrogens with one attached hydrogen (secondary N) is 3. The average molecular weight is 228 g/mol. The van der Waals surface area contributed by atoms with Crippen LogP contribution in [-0.4, -0.2) is 62.7 Å². The van der Waals surface area contributed by atoms with E-state index in [0.717, 1.165) is 13.1 Å². The first kappa shape index (κ1) is 13.4. The van der Waals surface area contributed by atoms with Gasteiger partial charge in [-0.05, 0) is 27.9 Å². The molecule has 3 unspecified atom stereocenters. The van der Waals surface area contributed by atoms with Gasteiger partial charge in [-0.15, -0.1) is 0 Å². The van der Waals surface area contributed by atoms with Gasteiger partial charge in [0.2, 0.25) is 5.91 Å². The van der Waals surface area contributed by atoms with Gasteiger partial charge in [0.15, 0.2) is 0 Å². The minimum atomic E-state index is -0.0965. The van der Waals surface area contributed by atoms with Gasteiger partial charge in [-0.3, -0.25) is 4.79 Å². The summed E-state index contributed by atoms with van der Waals surface area (Å²) in [7, 11) is 4.01. The van der Waals surface area contributed by atoms with E-state index in [9.17, 15) is 4.79 Å². The van der Waals surface area contributed by atoms with Crippen LogP contribution in [-0.2, 0) is 4.79 Å². The summed E-state index contributed by atoms with van der Waals surface area (Å²) in [6, 6.07) is 0.535. The molecule has 1 amide bonds. The Bertz CT molecular complexity index is 224. The molecule has 0 aromatic heterocycles. The highest BCUT2D eigenvalue weighted by Gasteiger charge is 2.23. The molecule has 3 N–H and O–H groups in total. The highest BCUT2D eigenvalue weighted by molar-refractivity contribution is 5.82. The Morgan fingerprint density at radius 2 is 2.12 bits per heavy atom. The number of nitrogens with zero attached hydrogens (tertiary/aromatic N) is 1. The standard InChI is InChI=1S/C11H24N4O/c1-8-5-13-10(6-12-8)11(16)14-9(2)7-15(3)4/h8-10,12-13H,5-7H2,1-4H3,(H,14,16). The second-order valence-electron chi connectivity index (χ2n) is 4.94. The van der Waals surface area contributed by atoms with Gasteiger partial charge in [0.1, 0.15) is 0 Å². The van der Waals surface area contributed by atoms with Crippen LogP contribution in [0.3, 0.4) is 0 Å². The zero-order valence-corrected chi connectivity index (χ0v) is 10.7. The van der Waals surface area contributed by atoms with Crippen molar-refractivity contribution in [3.05, 3.63) is 0 Å². The molecule has 1 rings (SSSR count). The Kier molecular flexibility index (Phi) is 5.18. The van der Waals surface area contributed by atoms with Gasteiger partial charge in [0, 0.05) is 31.7 Å². The predicted octanol–water partition coefficient (Wildman–Crippen LogP) is -0.997. The third-order valence-corrected chi connectivity index (χ3v) is 2.69. The molecule has 1 aliphatic rings. The number of carbonyl (C=O) groups excluding carboxylic acids is 1. The fourth-order valence-electron chi connectivity index (χ4n) is 1.90. The van der Waals surface area contributed by atoms with E-state index in [1.165, 1.54) is 0 Å². The molecule has 0 aliphatic carbocycles. The van der Waals surface area contributed by atoms with Crippen LogP contribution in [0.1, 0.15) is 13.8 Å². The second kappa shape index (κ2) is 6.18. The van der Waals surface area contributed by atoms with Gasteiger partial charge >= 0.3 is 0 Å². The minimum Gasteiger partial charge on any atom is -0.351 e. The summed E-state index contributed by atoms with van der Waals surface area (Å²) in [5, 5.41) is 9.55. The number of hydrogen-bond donors (Lipinski definition) is 3. The average Bonchev–Trinajstić information content (AvgIpc) is 2.16. The van der Waals surface area contributed by atoms with Crippen molar-refractivity contribution in [2.45, 2.75) is 32.0 Å². The van der Waals surface area contributed by atoms with Gasteiger partial charge in [0.05, 0.1) is 6.04 Å². The van der Waals surface area contributed by atoms with Crippen molar-refractivity contribution >= 4 is 5.91 Å². The molecule has 5 heteroatoms. The Hall–Kier alpha value is -0.650. The van der Waals surface area contributed by atoms with E-state index in [0.29, 0.717) is 12.6 Å². The van der Waals surface area contributed by atoms with Crippen LogP contribution in [0.2, 0.25) is 0 Å². The summed E-state index contributed by atoms with van der Waals surface area (Å²) in [6.07, 6.45) is 0. The van der Waals surface area contributed by atoms with Crippen molar-refractivity contribution in [3.63, 3.8) is 0 Å². The molecule has 5 nitrogen and oxygen atoms in total. The summed E-state index contributed by atoms with van der Waals surface area (Å²) in [6.45, 7) is 6.55. The molecule has 0 bridgehead atoms. The van der Waals surface area contributed by atoms with Gasteiger partial charge in [-0.2, -0.15) is 0 Å². The smallest absolute Gasteiger partial charge is 0.238 e. The molecular formula is C11H24N4O. The van der Waals surface area contributed by atoms with E-state index in [-0.39, 0.29) is 18.0 Å². The van der Waals surface area contributed by atoms with Crippen LogP contribution < -0.4 is 16.0 Å². The molecule has 0 spiro atoms. The maximum atomic E-state index is 11.9. The minimum absolute atomic E-state index is 0.0914. The van der Waals surface area contributed by atoms with E-state index in [1.54, 1.807) is 0 Å². The van der Waals surface area contributed by atoms with Crippen molar-refractivity contribution < 1.29 is 4.79 Å². The third kappa shape index (κ3) is 4.47. The first-order valence-corrected chi connectivity index (χ1v) is 5.91. The lowest BCUT2D eigenvalue weighted by molar-refractivity contribution is -0.124. The maximum Gasteiger partial charge on any atom is 0.238 e. The molecule has 3 atom stereocenters. The number of amides is 1. The fraction of sp³-hybridized carbons (Fsp3) is 0.909. The number of carbonyl (C=O) groups is 1. The normalized spacial score (nSPS) is 27.8. The SMILES string of the molecule is CC1CNC(C(=O)NC(C)CN(C)C)CN1. The number of likely N-dealkylation sites (N-methyl/N-ethyl adjacent to an activating group) is 1. The summed E-state index contributed by atoms with van der Waals surface area (Å²) in [5.74, 6) is 0.0914. The monoisotopic (exact) mass is 228 g/mol. The number of piperazine rings is 1.